The van der Waals surface area contributed by atoms with Gasteiger partial charge in [0.15, 0.2) is 0 Å². The number of aliphatic carboxylic acids is 1. The van der Waals surface area contributed by atoms with E-state index in [4.69, 9.17) is 5.11 Å². The first kappa shape index (κ1) is 15.5. The van der Waals surface area contributed by atoms with Crippen LogP contribution in [0.5, 0.6) is 0 Å². The molecule has 1 saturated heterocycles. The first-order valence-electron chi connectivity index (χ1n) is 6.74. The lowest BCUT2D eigenvalue weighted by Gasteiger charge is -2.30. The summed E-state index contributed by atoms with van der Waals surface area (Å²) in [5.74, 6) is -0.944. The molecule has 1 unspecified atom stereocenters. The van der Waals surface area contributed by atoms with Gasteiger partial charge in [0, 0.05) is 24.4 Å². The molecule has 5 nitrogen and oxygen atoms in total. The van der Waals surface area contributed by atoms with Gasteiger partial charge in [-0.05, 0) is 37.3 Å². The number of thiophene rings is 1. The number of hydrogen-bond acceptors (Lipinski definition) is 4. The van der Waals surface area contributed by atoms with E-state index in [2.05, 4.69) is 0 Å². The van der Waals surface area contributed by atoms with Gasteiger partial charge in [-0.15, -0.1) is 11.3 Å². The van der Waals surface area contributed by atoms with Gasteiger partial charge in [-0.1, -0.05) is 6.92 Å². The molecule has 2 heterocycles. The first-order valence-corrected chi connectivity index (χ1v) is 8.99. The Kier molecular flexibility index (Phi) is 4.82. The van der Waals surface area contributed by atoms with Crippen LogP contribution < -0.4 is 0 Å². The summed E-state index contributed by atoms with van der Waals surface area (Å²) in [5.41, 5.74) is 0. The molecule has 0 bridgehead atoms. The van der Waals surface area contributed by atoms with E-state index in [1.165, 1.54) is 15.6 Å². The van der Waals surface area contributed by atoms with Crippen molar-refractivity contribution in [2.45, 2.75) is 36.8 Å². The second-order valence-corrected chi connectivity index (χ2v) is 8.38. The summed E-state index contributed by atoms with van der Waals surface area (Å²) in [6.07, 6.45) is 2.37. The highest BCUT2D eigenvalue weighted by Crippen LogP contribution is 2.29. The summed E-state index contributed by atoms with van der Waals surface area (Å²) >= 11 is 1.30. The fourth-order valence-electron chi connectivity index (χ4n) is 2.47. The van der Waals surface area contributed by atoms with Crippen molar-refractivity contribution in [1.82, 2.24) is 4.31 Å². The molecule has 0 aliphatic carbocycles. The summed E-state index contributed by atoms with van der Waals surface area (Å²) in [6, 6.07) is 3.50. The Bertz CT molecular complexity index is 579. The molecular formula is C13H19NO4S2. The van der Waals surface area contributed by atoms with Crippen LogP contribution in [0.2, 0.25) is 0 Å². The Balaban J connectivity index is 2.14. The molecule has 2 rings (SSSR count). The molecule has 20 heavy (non-hydrogen) atoms. The number of carbonyl (C=O) groups is 1. The van der Waals surface area contributed by atoms with E-state index >= 15 is 0 Å². The minimum atomic E-state index is -3.46. The van der Waals surface area contributed by atoms with E-state index in [0.29, 0.717) is 17.3 Å². The molecule has 0 aromatic carbocycles. The van der Waals surface area contributed by atoms with Crippen molar-refractivity contribution in [1.29, 1.82) is 0 Å². The number of nitrogens with zero attached hydrogens (tertiary/aromatic N) is 1. The third-order valence-corrected chi connectivity index (χ3v) is 7.09. The van der Waals surface area contributed by atoms with Crippen molar-refractivity contribution in [3.05, 3.63) is 17.0 Å². The third-order valence-electron chi connectivity index (χ3n) is 3.52. The molecule has 1 aliphatic heterocycles. The number of rotatable bonds is 5. The molecule has 1 aromatic heterocycles. The molecule has 1 N–H and O–H groups in total. The summed E-state index contributed by atoms with van der Waals surface area (Å²) in [5, 5.41) is 8.84. The molecule has 1 aliphatic rings. The van der Waals surface area contributed by atoms with Crippen molar-refractivity contribution < 1.29 is 18.3 Å². The Hall–Kier alpha value is -0.920. The van der Waals surface area contributed by atoms with E-state index in [1.54, 1.807) is 6.07 Å². The molecule has 1 aromatic rings. The van der Waals surface area contributed by atoms with E-state index in [-0.39, 0.29) is 12.3 Å². The number of piperidine rings is 1. The molecular weight excluding hydrogens is 298 g/mol. The zero-order chi connectivity index (χ0) is 14.8. The maximum atomic E-state index is 12.5. The third kappa shape index (κ3) is 3.39. The Morgan fingerprint density at radius 2 is 2.25 bits per heavy atom. The molecule has 0 saturated carbocycles. The second kappa shape index (κ2) is 6.24. The van der Waals surface area contributed by atoms with Crippen LogP contribution in [0.3, 0.4) is 0 Å². The molecule has 0 spiro atoms. The average Bonchev–Trinajstić information content (AvgIpc) is 2.87. The largest absolute Gasteiger partial charge is 0.481 e. The average molecular weight is 317 g/mol. The molecule has 0 amide bonds. The van der Waals surface area contributed by atoms with Gasteiger partial charge < -0.3 is 5.11 Å². The van der Waals surface area contributed by atoms with Crippen molar-refractivity contribution >= 4 is 27.3 Å². The Labute approximate surface area is 123 Å². The molecule has 0 radical (unpaired) electrons. The van der Waals surface area contributed by atoms with Gasteiger partial charge in [-0.25, -0.2) is 8.42 Å². The smallest absolute Gasteiger partial charge is 0.303 e. The van der Waals surface area contributed by atoms with Crippen LogP contribution in [0.4, 0.5) is 0 Å². The van der Waals surface area contributed by atoms with Gasteiger partial charge in [0.1, 0.15) is 4.21 Å². The van der Waals surface area contributed by atoms with E-state index in [1.807, 2.05) is 13.0 Å². The fraction of sp³-hybridized carbons (Fsp3) is 0.615. The Morgan fingerprint density at radius 3 is 2.85 bits per heavy atom. The van der Waals surface area contributed by atoms with Crippen LogP contribution >= 0.6 is 11.3 Å². The summed E-state index contributed by atoms with van der Waals surface area (Å²) in [7, 11) is -3.46. The van der Waals surface area contributed by atoms with Gasteiger partial charge in [-0.3, -0.25) is 4.79 Å². The monoisotopic (exact) mass is 317 g/mol. The lowest BCUT2D eigenvalue weighted by Crippen LogP contribution is -2.40. The van der Waals surface area contributed by atoms with Crippen molar-refractivity contribution in [2.75, 3.05) is 13.1 Å². The van der Waals surface area contributed by atoms with Crippen LogP contribution in [0, 0.1) is 5.92 Å². The first-order chi connectivity index (χ1) is 9.43. The lowest BCUT2D eigenvalue weighted by molar-refractivity contribution is -0.138. The molecule has 1 fully saturated rings. The predicted molar refractivity (Wildman–Crippen MR) is 77.4 cm³/mol. The van der Waals surface area contributed by atoms with Gasteiger partial charge in [0.2, 0.25) is 0 Å². The maximum absolute atomic E-state index is 12.5. The second-order valence-electron chi connectivity index (χ2n) is 5.04. The topological polar surface area (TPSA) is 74.7 Å². The number of sulfonamides is 1. The quantitative estimate of drug-likeness (QED) is 0.903. The molecule has 1 atom stereocenters. The van der Waals surface area contributed by atoms with Crippen LogP contribution in [0.15, 0.2) is 16.3 Å². The van der Waals surface area contributed by atoms with Crippen LogP contribution in [-0.4, -0.2) is 36.9 Å². The highest BCUT2D eigenvalue weighted by molar-refractivity contribution is 7.91. The standard InChI is InChI=1S/C13H19NO4S2/c1-2-11-5-6-13(19-11)20(17,18)14-7-3-4-10(9-14)8-12(15)16/h5-6,10H,2-4,7-9H2,1H3,(H,15,16). The summed E-state index contributed by atoms with van der Waals surface area (Å²) in [4.78, 5) is 11.8. The van der Waals surface area contributed by atoms with Crippen LogP contribution in [-0.2, 0) is 21.2 Å². The fourth-order valence-corrected chi connectivity index (χ4v) is 5.48. The van der Waals surface area contributed by atoms with Crippen LogP contribution in [0.25, 0.3) is 0 Å². The number of aryl methyl sites for hydroxylation is 1. The maximum Gasteiger partial charge on any atom is 0.303 e. The molecule has 7 heteroatoms. The zero-order valence-corrected chi connectivity index (χ0v) is 13.0. The lowest BCUT2D eigenvalue weighted by atomic mass is 9.96. The van der Waals surface area contributed by atoms with Crippen molar-refractivity contribution in [2.24, 2.45) is 5.92 Å². The minimum Gasteiger partial charge on any atom is -0.481 e. The van der Waals surface area contributed by atoms with Gasteiger partial charge >= 0.3 is 5.97 Å². The predicted octanol–water partition coefficient (Wildman–Crippen LogP) is 2.19. The van der Waals surface area contributed by atoms with Crippen molar-refractivity contribution in [3.8, 4) is 0 Å². The minimum absolute atomic E-state index is 0.0384. The molecule has 112 valence electrons. The SMILES string of the molecule is CCc1ccc(S(=O)(=O)N2CCCC(CC(=O)O)C2)s1. The van der Waals surface area contributed by atoms with E-state index in [0.717, 1.165) is 24.1 Å². The number of carboxylic acids is 1. The normalized spacial score (nSPS) is 20.9. The van der Waals surface area contributed by atoms with Gasteiger partial charge in [0.25, 0.3) is 10.0 Å². The van der Waals surface area contributed by atoms with Gasteiger partial charge in [0.05, 0.1) is 0 Å². The van der Waals surface area contributed by atoms with Crippen LogP contribution in [0.1, 0.15) is 31.1 Å². The number of hydrogen-bond donors (Lipinski definition) is 1. The van der Waals surface area contributed by atoms with Crippen molar-refractivity contribution in [3.63, 3.8) is 0 Å². The summed E-state index contributed by atoms with van der Waals surface area (Å²) < 4.78 is 26.9. The summed E-state index contributed by atoms with van der Waals surface area (Å²) in [6.45, 7) is 2.79. The van der Waals surface area contributed by atoms with Gasteiger partial charge in [-0.2, -0.15) is 4.31 Å². The van der Waals surface area contributed by atoms with E-state index in [9.17, 15) is 13.2 Å². The Morgan fingerprint density at radius 1 is 1.50 bits per heavy atom. The zero-order valence-electron chi connectivity index (χ0n) is 11.4. The highest BCUT2D eigenvalue weighted by Gasteiger charge is 2.31. The van der Waals surface area contributed by atoms with E-state index < -0.39 is 16.0 Å². The highest BCUT2D eigenvalue weighted by atomic mass is 32.2. The number of carboxylic acid groups (broad SMARTS) is 1.